The zero-order valence-electron chi connectivity index (χ0n) is 17.9. The molecule has 0 spiro atoms. The molecule has 0 aliphatic carbocycles. The molecule has 33 heavy (non-hydrogen) atoms. The number of nitrogens with one attached hydrogen (secondary N) is 2. The summed E-state index contributed by atoms with van der Waals surface area (Å²) in [6.07, 6.45) is 3.59. The maximum absolute atomic E-state index is 12.1. The van der Waals surface area contributed by atoms with Gasteiger partial charge < -0.3 is 15.5 Å². The molecule has 0 atom stereocenters. The molecule has 0 bridgehead atoms. The summed E-state index contributed by atoms with van der Waals surface area (Å²) in [5.74, 6) is 0.772. The number of fused-ring (bicyclic) bond motifs is 1. The highest BCUT2D eigenvalue weighted by atomic mass is 35.5. The van der Waals surface area contributed by atoms with Crippen LogP contribution in [0.15, 0.2) is 53.6 Å². The molecule has 0 radical (unpaired) electrons. The first-order chi connectivity index (χ1) is 15.7. The van der Waals surface area contributed by atoms with Crippen LogP contribution in [0.3, 0.4) is 0 Å². The number of hydrogen-bond acceptors (Lipinski definition) is 7. The number of amides is 1. The second-order valence-corrected chi connectivity index (χ2v) is 9.61. The molecular formula is C22H23ClN6O3S. The van der Waals surface area contributed by atoms with Gasteiger partial charge in [0.15, 0.2) is 5.82 Å². The number of rotatable bonds is 6. The van der Waals surface area contributed by atoms with Crippen molar-refractivity contribution in [3.8, 4) is 0 Å². The average Bonchev–Trinajstić information content (AvgIpc) is 2.92. The number of halogens is 1. The minimum absolute atomic E-state index is 0.0365. The quantitative estimate of drug-likeness (QED) is 0.486. The number of primary sulfonamides is 1. The van der Waals surface area contributed by atoms with Crippen molar-refractivity contribution in [2.24, 2.45) is 5.14 Å². The van der Waals surface area contributed by atoms with Gasteiger partial charge in [0.05, 0.1) is 11.1 Å². The molecule has 0 unspecified atom stereocenters. The third-order valence-corrected chi connectivity index (χ3v) is 6.67. The van der Waals surface area contributed by atoms with Crippen LogP contribution in [0.25, 0.3) is 0 Å². The zero-order valence-corrected chi connectivity index (χ0v) is 19.4. The molecule has 1 aliphatic heterocycles. The molecule has 0 saturated carbocycles. The van der Waals surface area contributed by atoms with Crippen LogP contribution >= 0.6 is 11.6 Å². The standard InChI is InChI=1S/C22H23ClN6O3S/c1-29-18-10-9-16(11-14(18)6-4-8-20(29)30)27-22-26-13-17(23)21(28-22)25-12-15-5-2-3-7-19(15)33(24,31)32/h2-3,5,7,9-11,13H,4,6,8,12H2,1H3,(H2,24,31,32)(H2,25,26,27,28). The van der Waals surface area contributed by atoms with E-state index in [9.17, 15) is 13.2 Å². The maximum atomic E-state index is 12.1. The third-order valence-electron chi connectivity index (χ3n) is 5.38. The molecule has 9 nitrogen and oxygen atoms in total. The molecular weight excluding hydrogens is 464 g/mol. The molecule has 2 heterocycles. The normalized spacial score (nSPS) is 13.9. The van der Waals surface area contributed by atoms with E-state index in [2.05, 4.69) is 20.6 Å². The lowest BCUT2D eigenvalue weighted by Gasteiger charge is -2.18. The van der Waals surface area contributed by atoms with Crippen molar-refractivity contribution in [1.29, 1.82) is 0 Å². The molecule has 1 amide bonds. The van der Waals surface area contributed by atoms with Gasteiger partial charge in [0, 0.05) is 31.4 Å². The van der Waals surface area contributed by atoms with E-state index >= 15 is 0 Å². The molecule has 0 saturated heterocycles. The Hall–Kier alpha value is -3.21. The Balaban J connectivity index is 1.53. The van der Waals surface area contributed by atoms with Crippen molar-refractivity contribution < 1.29 is 13.2 Å². The van der Waals surface area contributed by atoms with Crippen LogP contribution in [0.5, 0.6) is 0 Å². The van der Waals surface area contributed by atoms with Gasteiger partial charge in [0.2, 0.25) is 21.9 Å². The Morgan fingerprint density at radius 2 is 1.97 bits per heavy atom. The maximum Gasteiger partial charge on any atom is 0.238 e. The number of aryl methyl sites for hydroxylation is 1. The molecule has 172 valence electrons. The first-order valence-electron chi connectivity index (χ1n) is 10.3. The molecule has 1 aliphatic rings. The van der Waals surface area contributed by atoms with Gasteiger partial charge in [-0.25, -0.2) is 18.5 Å². The van der Waals surface area contributed by atoms with E-state index in [0.29, 0.717) is 23.8 Å². The number of nitrogens with zero attached hydrogens (tertiary/aromatic N) is 3. The number of aromatic nitrogens is 2. The molecule has 4 N–H and O–H groups in total. The lowest BCUT2D eigenvalue weighted by atomic mass is 10.1. The number of sulfonamides is 1. The lowest BCUT2D eigenvalue weighted by molar-refractivity contribution is -0.118. The van der Waals surface area contributed by atoms with Crippen molar-refractivity contribution in [1.82, 2.24) is 9.97 Å². The summed E-state index contributed by atoms with van der Waals surface area (Å²) in [7, 11) is -2.07. The molecule has 3 aromatic rings. The fraction of sp³-hybridized carbons (Fsp3) is 0.227. The molecule has 0 fully saturated rings. The van der Waals surface area contributed by atoms with Crippen LogP contribution in [0.2, 0.25) is 5.02 Å². The summed E-state index contributed by atoms with van der Waals surface area (Å²) in [6.45, 7) is 0.155. The summed E-state index contributed by atoms with van der Waals surface area (Å²) < 4.78 is 23.6. The molecule has 4 rings (SSSR count). The number of hydrogen-bond donors (Lipinski definition) is 3. The Bertz CT molecular complexity index is 1320. The van der Waals surface area contributed by atoms with Crippen LogP contribution in [-0.2, 0) is 27.8 Å². The summed E-state index contributed by atoms with van der Waals surface area (Å²) in [6, 6.07) is 12.2. The fourth-order valence-corrected chi connectivity index (χ4v) is 4.64. The van der Waals surface area contributed by atoms with Gasteiger partial charge in [-0.2, -0.15) is 4.98 Å². The van der Waals surface area contributed by atoms with E-state index in [-0.39, 0.29) is 22.4 Å². The van der Waals surface area contributed by atoms with Gasteiger partial charge in [0.25, 0.3) is 0 Å². The van der Waals surface area contributed by atoms with Crippen molar-refractivity contribution in [3.05, 3.63) is 64.8 Å². The lowest BCUT2D eigenvalue weighted by Crippen LogP contribution is -2.24. The van der Waals surface area contributed by atoms with E-state index < -0.39 is 10.0 Å². The number of nitrogens with two attached hydrogens (primary N) is 1. The Morgan fingerprint density at radius 1 is 1.18 bits per heavy atom. The van der Waals surface area contributed by atoms with Crippen molar-refractivity contribution in [3.63, 3.8) is 0 Å². The highest BCUT2D eigenvalue weighted by Crippen LogP contribution is 2.30. The topological polar surface area (TPSA) is 130 Å². The summed E-state index contributed by atoms with van der Waals surface area (Å²) in [4.78, 5) is 22.5. The summed E-state index contributed by atoms with van der Waals surface area (Å²) in [5, 5.41) is 11.8. The van der Waals surface area contributed by atoms with E-state index in [4.69, 9.17) is 16.7 Å². The second-order valence-electron chi connectivity index (χ2n) is 7.67. The Labute approximate surface area is 197 Å². The smallest absolute Gasteiger partial charge is 0.238 e. The minimum Gasteiger partial charge on any atom is -0.365 e. The molecule has 1 aromatic heterocycles. The number of carbonyl (C=O) groups is 1. The van der Waals surface area contributed by atoms with Crippen LogP contribution in [0.4, 0.5) is 23.1 Å². The summed E-state index contributed by atoms with van der Waals surface area (Å²) >= 11 is 6.24. The van der Waals surface area contributed by atoms with Crippen molar-refractivity contribution >= 4 is 50.7 Å². The monoisotopic (exact) mass is 486 g/mol. The first-order valence-corrected chi connectivity index (χ1v) is 12.2. The highest BCUT2D eigenvalue weighted by molar-refractivity contribution is 7.89. The van der Waals surface area contributed by atoms with Crippen LogP contribution in [0.1, 0.15) is 24.0 Å². The van der Waals surface area contributed by atoms with Gasteiger partial charge in [-0.05, 0) is 48.2 Å². The average molecular weight is 487 g/mol. The molecule has 2 aromatic carbocycles. The van der Waals surface area contributed by atoms with E-state index in [1.165, 1.54) is 12.3 Å². The van der Waals surface area contributed by atoms with Crippen LogP contribution in [-0.4, -0.2) is 31.3 Å². The van der Waals surface area contributed by atoms with Gasteiger partial charge >= 0.3 is 0 Å². The predicted molar refractivity (Wildman–Crippen MR) is 128 cm³/mol. The molecule has 11 heteroatoms. The number of benzene rings is 2. The van der Waals surface area contributed by atoms with Gasteiger partial charge in [-0.1, -0.05) is 29.8 Å². The van der Waals surface area contributed by atoms with Crippen molar-refractivity contribution in [2.45, 2.75) is 30.7 Å². The first kappa shape index (κ1) is 23.0. The Kier molecular flexibility index (Phi) is 6.50. The van der Waals surface area contributed by atoms with E-state index in [1.54, 1.807) is 30.1 Å². The Morgan fingerprint density at radius 3 is 2.76 bits per heavy atom. The van der Waals surface area contributed by atoms with Gasteiger partial charge in [0.1, 0.15) is 5.02 Å². The van der Waals surface area contributed by atoms with E-state index in [0.717, 1.165) is 29.8 Å². The van der Waals surface area contributed by atoms with Gasteiger partial charge in [-0.15, -0.1) is 0 Å². The number of anilines is 4. The SMILES string of the molecule is CN1C(=O)CCCc2cc(Nc3ncc(Cl)c(NCc4ccccc4S(N)(=O)=O)n3)ccc21. The number of carbonyl (C=O) groups excluding carboxylic acids is 1. The van der Waals surface area contributed by atoms with E-state index in [1.807, 2.05) is 18.2 Å². The van der Waals surface area contributed by atoms with Crippen LogP contribution < -0.4 is 20.7 Å². The zero-order chi connectivity index (χ0) is 23.6. The highest BCUT2D eigenvalue weighted by Gasteiger charge is 2.19. The van der Waals surface area contributed by atoms with Gasteiger partial charge in [-0.3, -0.25) is 4.79 Å². The van der Waals surface area contributed by atoms with Crippen LogP contribution in [0, 0.1) is 0 Å². The largest absolute Gasteiger partial charge is 0.365 e. The second kappa shape index (κ2) is 9.34. The fourth-order valence-electron chi connectivity index (χ4n) is 3.71. The third kappa shape index (κ3) is 5.24. The summed E-state index contributed by atoms with van der Waals surface area (Å²) in [5.41, 5.74) is 3.24. The predicted octanol–water partition coefficient (Wildman–Crippen LogP) is 3.43. The minimum atomic E-state index is -3.86. The van der Waals surface area contributed by atoms with Crippen molar-refractivity contribution in [2.75, 3.05) is 22.6 Å².